The zero-order valence-corrected chi connectivity index (χ0v) is 11.9. The molecule has 0 saturated heterocycles. The first kappa shape index (κ1) is 13.9. The van der Waals surface area contributed by atoms with Crippen LogP contribution in [0.2, 0.25) is 5.02 Å². The summed E-state index contributed by atoms with van der Waals surface area (Å²) in [7, 11) is 1.76. The van der Waals surface area contributed by atoms with Crippen LogP contribution in [0.1, 0.15) is 0 Å². The van der Waals surface area contributed by atoms with E-state index in [1.807, 2.05) is 6.26 Å². The minimum Gasteiger partial charge on any atom is -0.373 e. The third kappa shape index (κ3) is 3.27. The highest BCUT2D eigenvalue weighted by molar-refractivity contribution is 7.98. The first-order chi connectivity index (χ1) is 9.13. The second-order valence-corrected chi connectivity index (χ2v) is 4.78. The quantitative estimate of drug-likeness (QED) is 0.664. The van der Waals surface area contributed by atoms with Gasteiger partial charge in [0.25, 0.3) is 0 Å². The van der Waals surface area contributed by atoms with Crippen molar-refractivity contribution in [2.75, 3.05) is 23.9 Å². The smallest absolute Gasteiger partial charge is 0.191 e. The SMILES string of the molecule is CNc1cc(Nc2cccc(Cl)c2F)nc(SC)n1. The molecule has 0 fully saturated rings. The average molecular weight is 299 g/mol. The number of rotatable bonds is 4. The minimum absolute atomic E-state index is 0.0676. The molecule has 1 aromatic carbocycles. The molecule has 0 aliphatic rings. The Morgan fingerprint density at radius 3 is 2.68 bits per heavy atom. The molecule has 0 aliphatic heterocycles. The molecule has 7 heteroatoms. The van der Waals surface area contributed by atoms with Crippen molar-refractivity contribution in [3.05, 3.63) is 35.1 Å². The van der Waals surface area contributed by atoms with Crippen LogP contribution in [0.5, 0.6) is 0 Å². The number of hydrogen-bond acceptors (Lipinski definition) is 5. The molecule has 0 saturated carbocycles. The first-order valence-electron chi connectivity index (χ1n) is 5.46. The van der Waals surface area contributed by atoms with Crippen LogP contribution in [-0.2, 0) is 0 Å². The van der Waals surface area contributed by atoms with Gasteiger partial charge in [-0.15, -0.1) is 0 Å². The summed E-state index contributed by atoms with van der Waals surface area (Å²) in [5, 5.41) is 6.49. The fourth-order valence-corrected chi connectivity index (χ4v) is 2.00. The molecule has 0 aliphatic carbocycles. The standard InChI is InChI=1S/C12H12ClFN4S/c1-15-9-6-10(18-12(17-9)19-2)16-8-5-3-4-7(13)11(8)14/h3-6H,1-2H3,(H2,15,16,17,18). The third-order valence-electron chi connectivity index (χ3n) is 2.36. The van der Waals surface area contributed by atoms with E-state index in [1.54, 1.807) is 25.2 Å². The topological polar surface area (TPSA) is 49.8 Å². The van der Waals surface area contributed by atoms with Crippen molar-refractivity contribution in [1.82, 2.24) is 9.97 Å². The summed E-state index contributed by atoms with van der Waals surface area (Å²) in [5.74, 6) is 0.661. The molecule has 2 N–H and O–H groups in total. The Hall–Kier alpha value is -1.53. The van der Waals surface area contributed by atoms with Crippen molar-refractivity contribution < 1.29 is 4.39 Å². The third-order valence-corrected chi connectivity index (χ3v) is 3.20. The van der Waals surface area contributed by atoms with Crippen molar-refractivity contribution >= 4 is 40.7 Å². The van der Waals surface area contributed by atoms with Gasteiger partial charge in [0.15, 0.2) is 11.0 Å². The van der Waals surface area contributed by atoms with E-state index in [0.717, 1.165) is 0 Å². The monoisotopic (exact) mass is 298 g/mol. The van der Waals surface area contributed by atoms with Gasteiger partial charge in [0.1, 0.15) is 11.6 Å². The molecule has 19 heavy (non-hydrogen) atoms. The fourth-order valence-electron chi connectivity index (χ4n) is 1.45. The van der Waals surface area contributed by atoms with E-state index in [4.69, 9.17) is 11.6 Å². The van der Waals surface area contributed by atoms with Gasteiger partial charge in [0, 0.05) is 13.1 Å². The number of thioether (sulfide) groups is 1. The Morgan fingerprint density at radius 1 is 1.26 bits per heavy atom. The summed E-state index contributed by atoms with van der Waals surface area (Å²) in [6.07, 6.45) is 1.87. The number of nitrogens with zero attached hydrogens (tertiary/aromatic N) is 2. The van der Waals surface area contributed by atoms with Gasteiger partial charge in [-0.3, -0.25) is 0 Å². The number of anilines is 3. The van der Waals surface area contributed by atoms with E-state index >= 15 is 0 Å². The highest BCUT2D eigenvalue weighted by Crippen LogP contribution is 2.26. The Morgan fingerprint density at radius 2 is 2.00 bits per heavy atom. The summed E-state index contributed by atoms with van der Waals surface area (Å²) >= 11 is 7.14. The van der Waals surface area contributed by atoms with E-state index in [0.29, 0.717) is 16.8 Å². The zero-order chi connectivity index (χ0) is 13.8. The van der Waals surface area contributed by atoms with Crippen LogP contribution >= 0.6 is 23.4 Å². The van der Waals surface area contributed by atoms with Crippen molar-refractivity contribution in [3.8, 4) is 0 Å². The predicted octanol–water partition coefficient (Wildman–Crippen LogP) is 3.78. The van der Waals surface area contributed by atoms with Gasteiger partial charge in [-0.2, -0.15) is 0 Å². The number of halogens is 2. The van der Waals surface area contributed by atoms with Gasteiger partial charge < -0.3 is 10.6 Å². The van der Waals surface area contributed by atoms with Crippen molar-refractivity contribution in [3.63, 3.8) is 0 Å². The second kappa shape index (κ2) is 6.08. The molecule has 0 bridgehead atoms. The number of nitrogens with one attached hydrogen (secondary N) is 2. The van der Waals surface area contributed by atoms with E-state index in [9.17, 15) is 4.39 Å². The molecular weight excluding hydrogens is 287 g/mol. The summed E-state index contributed by atoms with van der Waals surface area (Å²) in [6, 6.07) is 6.46. The normalized spacial score (nSPS) is 10.3. The fraction of sp³-hybridized carbons (Fsp3) is 0.167. The van der Waals surface area contributed by atoms with E-state index in [1.165, 1.54) is 17.8 Å². The van der Waals surface area contributed by atoms with Crippen molar-refractivity contribution in [2.24, 2.45) is 0 Å². The maximum Gasteiger partial charge on any atom is 0.191 e. The molecule has 0 atom stereocenters. The Balaban J connectivity index is 2.34. The molecule has 2 aromatic rings. The molecule has 2 rings (SSSR count). The Kier molecular flexibility index (Phi) is 4.44. The van der Waals surface area contributed by atoms with Crippen LogP contribution in [0, 0.1) is 5.82 Å². The molecule has 0 spiro atoms. The maximum atomic E-state index is 13.8. The van der Waals surface area contributed by atoms with Crippen LogP contribution in [0.4, 0.5) is 21.7 Å². The minimum atomic E-state index is -0.500. The lowest BCUT2D eigenvalue weighted by Gasteiger charge is -2.10. The molecule has 4 nitrogen and oxygen atoms in total. The molecule has 100 valence electrons. The van der Waals surface area contributed by atoms with Crippen LogP contribution in [0.25, 0.3) is 0 Å². The van der Waals surface area contributed by atoms with Gasteiger partial charge in [-0.05, 0) is 18.4 Å². The van der Waals surface area contributed by atoms with Gasteiger partial charge in [0.2, 0.25) is 0 Å². The summed E-state index contributed by atoms with van der Waals surface area (Å²) < 4.78 is 13.8. The first-order valence-corrected chi connectivity index (χ1v) is 7.06. The number of benzene rings is 1. The van der Waals surface area contributed by atoms with Crippen molar-refractivity contribution in [2.45, 2.75) is 5.16 Å². The van der Waals surface area contributed by atoms with E-state index in [2.05, 4.69) is 20.6 Å². The second-order valence-electron chi connectivity index (χ2n) is 3.60. The Bertz CT molecular complexity index is 572. The van der Waals surface area contributed by atoms with Gasteiger partial charge in [-0.25, -0.2) is 14.4 Å². The summed E-state index contributed by atoms with van der Waals surface area (Å²) in [6.45, 7) is 0. The molecular formula is C12H12ClFN4S. The largest absolute Gasteiger partial charge is 0.373 e. The maximum absolute atomic E-state index is 13.8. The summed E-state index contributed by atoms with van der Waals surface area (Å²) in [4.78, 5) is 8.49. The van der Waals surface area contributed by atoms with Gasteiger partial charge >= 0.3 is 0 Å². The van der Waals surface area contributed by atoms with Crippen molar-refractivity contribution in [1.29, 1.82) is 0 Å². The molecule has 0 unspecified atom stereocenters. The lowest BCUT2D eigenvalue weighted by Crippen LogP contribution is -2.01. The molecule has 1 heterocycles. The highest BCUT2D eigenvalue weighted by atomic mass is 35.5. The van der Waals surface area contributed by atoms with Gasteiger partial charge in [0.05, 0.1) is 10.7 Å². The Labute approximate surface area is 119 Å². The summed E-state index contributed by atoms with van der Waals surface area (Å²) in [5.41, 5.74) is 0.278. The van der Waals surface area contributed by atoms with Crippen LogP contribution in [0.15, 0.2) is 29.4 Å². The van der Waals surface area contributed by atoms with Crippen LogP contribution in [0.3, 0.4) is 0 Å². The molecule has 0 radical (unpaired) electrons. The van der Waals surface area contributed by atoms with Gasteiger partial charge in [-0.1, -0.05) is 29.4 Å². The van der Waals surface area contributed by atoms with Crippen LogP contribution in [-0.4, -0.2) is 23.3 Å². The zero-order valence-electron chi connectivity index (χ0n) is 10.4. The average Bonchev–Trinajstić information content (AvgIpc) is 2.43. The number of hydrogen-bond donors (Lipinski definition) is 2. The van der Waals surface area contributed by atoms with E-state index < -0.39 is 5.82 Å². The lowest BCUT2D eigenvalue weighted by atomic mass is 10.3. The predicted molar refractivity (Wildman–Crippen MR) is 78.1 cm³/mol. The van der Waals surface area contributed by atoms with Crippen LogP contribution < -0.4 is 10.6 Å². The highest BCUT2D eigenvalue weighted by Gasteiger charge is 2.08. The molecule has 1 aromatic heterocycles. The lowest BCUT2D eigenvalue weighted by molar-refractivity contribution is 0.632. The van der Waals surface area contributed by atoms with E-state index in [-0.39, 0.29) is 10.7 Å². The number of aromatic nitrogens is 2. The molecule has 0 amide bonds.